The Morgan fingerprint density at radius 3 is 2.68 bits per heavy atom. The molecule has 3 heterocycles. The topological polar surface area (TPSA) is 67.7 Å². The zero-order valence-corrected chi connectivity index (χ0v) is 19.9. The average molecular weight is 522 g/mol. The molecule has 7 nitrogen and oxygen atoms in total. The molecule has 1 aromatic carbocycles. The molecular formula is C25H23F5N4O3. The van der Waals surface area contributed by atoms with Crippen LogP contribution in [-0.4, -0.2) is 63.8 Å². The standard InChI is InChI=1S/C25H23F5N4O3/c1-15-10-34(13-31-15)16(2)3-5-19-22(36)32(7-8-33(19)14-35)12-23-18-9-17(25(28,29)30)4-6-20(18)37-11-21(23)24(23,26)27/h3-6,9-10,13-14,21H,7-8,11-12H2,1-2H3/b16-3+,19-5-. The minimum atomic E-state index is -4.73. The Labute approximate surface area is 208 Å². The molecule has 2 aliphatic heterocycles. The van der Waals surface area contributed by atoms with Crippen molar-refractivity contribution in [2.75, 3.05) is 26.2 Å². The number of rotatable bonds is 5. The maximum atomic E-state index is 15.2. The van der Waals surface area contributed by atoms with Crippen LogP contribution in [0.5, 0.6) is 5.75 Å². The summed E-state index contributed by atoms with van der Waals surface area (Å²) in [5.74, 6) is -5.46. The number of benzene rings is 1. The first kappa shape index (κ1) is 25.0. The van der Waals surface area contributed by atoms with E-state index >= 15 is 8.78 Å². The van der Waals surface area contributed by atoms with Gasteiger partial charge in [0.05, 0.1) is 35.5 Å². The molecule has 2 amide bonds. The summed E-state index contributed by atoms with van der Waals surface area (Å²) >= 11 is 0. The zero-order valence-electron chi connectivity index (χ0n) is 19.9. The lowest BCUT2D eigenvalue weighted by Crippen LogP contribution is -2.51. The van der Waals surface area contributed by atoms with E-state index in [9.17, 15) is 22.8 Å². The number of imidazole rings is 1. The summed E-state index contributed by atoms with van der Waals surface area (Å²) in [4.78, 5) is 31.5. The third-order valence-corrected chi connectivity index (χ3v) is 7.33. The van der Waals surface area contributed by atoms with E-state index in [0.717, 1.165) is 17.8 Å². The lowest BCUT2D eigenvalue weighted by Gasteiger charge is -2.37. The Bertz CT molecular complexity index is 1330. The van der Waals surface area contributed by atoms with Crippen LogP contribution in [0.4, 0.5) is 22.0 Å². The number of allylic oxidation sites excluding steroid dienone is 3. The first-order valence-electron chi connectivity index (χ1n) is 11.5. The smallest absolute Gasteiger partial charge is 0.416 e. The normalized spacial score (nSPS) is 26.0. The van der Waals surface area contributed by atoms with Gasteiger partial charge in [0.25, 0.3) is 11.8 Å². The summed E-state index contributed by atoms with van der Waals surface area (Å²) in [6.07, 6.45) is 2.12. The summed E-state index contributed by atoms with van der Waals surface area (Å²) in [5, 5.41) is 0. The maximum Gasteiger partial charge on any atom is 0.416 e. The number of hydrogen-bond acceptors (Lipinski definition) is 4. The van der Waals surface area contributed by atoms with Gasteiger partial charge in [0.1, 0.15) is 11.4 Å². The molecule has 12 heteroatoms. The highest BCUT2D eigenvalue weighted by atomic mass is 19.4. The third-order valence-electron chi connectivity index (χ3n) is 7.33. The fraction of sp³-hybridized carbons (Fsp3) is 0.400. The molecule has 0 radical (unpaired) electrons. The van der Waals surface area contributed by atoms with E-state index in [4.69, 9.17) is 4.74 Å². The van der Waals surface area contributed by atoms with Gasteiger partial charge >= 0.3 is 6.18 Å². The van der Waals surface area contributed by atoms with Gasteiger partial charge in [-0.25, -0.2) is 13.8 Å². The highest BCUT2D eigenvalue weighted by Gasteiger charge is 2.83. The summed E-state index contributed by atoms with van der Waals surface area (Å²) in [6.45, 7) is 2.71. The Balaban J connectivity index is 1.48. The second-order valence-electron chi connectivity index (χ2n) is 9.47. The molecule has 2 aromatic rings. The lowest BCUT2D eigenvalue weighted by atomic mass is 9.88. The average Bonchev–Trinajstić information content (AvgIpc) is 3.10. The van der Waals surface area contributed by atoms with Crippen molar-refractivity contribution < 1.29 is 36.3 Å². The molecule has 2 atom stereocenters. The Kier molecular flexibility index (Phi) is 5.68. The van der Waals surface area contributed by atoms with Crippen molar-refractivity contribution in [1.82, 2.24) is 19.4 Å². The number of hydrogen-bond donors (Lipinski definition) is 0. The van der Waals surface area contributed by atoms with Crippen LogP contribution in [-0.2, 0) is 21.2 Å². The predicted molar refractivity (Wildman–Crippen MR) is 121 cm³/mol. The number of amides is 2. The highest BCUT2D eigenvalue weighted by Crippen LogP contribution is 2.70. The molecule has 2 unspecified atom stereocenters. The number of halogens is 5. The van der Waals surface area contributed by atoms with Crippen molar-refractivity contribution in [3.8, 4) is 5.75 Å². The van der Waals surface area contributed by atoms with Crippen LogP contribution in [0.3, 0.4) is 0 Å². The minimum absolute atomic E-state index is 0.0225. The molecule has 1 aliphatic carbocycles. The number of carbonyl (C=O) groups is 2. The largest absolute Gasteiger partial charge is 0.493 e. The number of aromatic nitrogens is 2. The van der Waals surface area contributed by atoms with E-state index in [0.29, 0.717) is 18.2 Å². The number of carbonyl (C=O) groups excluding carboxylic acids is 2. The number of piperazine rings is 1. The fourth-order valence-electron chi connectivity index (χ4n) is 5.16. The Morgan fingerprint density at radius 1 is 1.27 bits per heavy atom. The third kappa shape index (κ3) is 3.89. The lowest BCUT2D eigenvalue weighted by molar-refractivity contribution is -0.138. The molecule has 1 aromatic heterocycles. The van der Waals surface area contributed by atoms with Crippen LogP contribution in [0.25, 0.3) is 5.70 Å². The Morgan fingerprint density at radius 2 is 2.03 bits per heavy atom. The van der Waals surface area contributed by atoms with Crippen LogP contribution < -0.4 is 4.74 Å². The zero-order chi connectivity index (χ0) is 26.8. The predicted octanol–water partition coefficient (Wildman–Crippen LogP) is 3.85. The number of ether oxygens (including phenoxy) is 1. The van der Waals surface area contributed by atoms with E-state index in [1.54, 1.807) is 30.1 Å². The number of aryl methyl sites for hydroxylation is 1. The van der Waals surface area contributed by atoms with Gasteiger partial charge in [-0.05, 0) is 44.2 Å². The molecule has 3 aliphatic rings. The second kappa shape index (κ2) is 8.42. The molecule has 1 saturated carbocycles. The van der Waals surface area contributed by atoms with Gasteiger partial charge in [-0.1, -0.05) is 0 Å². The number of fused-ring (bicyclic) bond motifs is 3. The summed E-state index contributed by atoms with van der Waals surface area (Å²) in [6, 6.07) is 2.54. The molecule has 5 rings (SSSR count). The van der Waals surface area contributed by atoms with Crippen LogP contribution in [0.15, 0.2) is 48.6 Å². The summed E-state index contributed by atoms with van der Waals surface area (Å²) in [5.41, 5.74) is -1.89. The van der Waals surface area contributed by atoms with Gasteiger partial charge in [-0.3, -0.25) is 9.59 Å². The van der Waals surface area contributed by atoms with Gasteiger partial charge in [0.15, 0.2) is 0 Å². The van der Waals surface area contributed by atoms with Crippen molar-refractivity contribution in [3.05, 3.63) is 65.4 Å². The second-order valence-corrected chi connectivity index (χ2v) is 9.47. The molecule has 0 bridgehead atoms. The van der Waals surface area contributed by atoms with Gasteiger partial charge in [0.2, 0.25) is 6.41 Å². The van der Waals surface area contributed by atoms with E-state index in [1.807, 2.05) is 6.92 Å². The number of alkyl halides is 5. The van der Waals surface area contributed by atoms with Crippen molar-refractivity contribution in [2.24, 2.45) is 5.92 Å². The SMILES string of the molecule is C/C(=C\C=C1\C(=O)N(CC23c4cc(C(F)(F)F)ccc4OCC2C3(F)F)CCN1C=O)n1cnc(C)c1. The van der Waals surface area contributed by atoms with Crippen molar-refractivity contribution in [2.45, 2.75) is 31.4 Å². The van der Waals surface area contributed by atoms with Gasteiger partial charge in [0, 0.05) is 37.1 Å². The summed E-state index contributed by atoms with van der Waals surface area (Å²) in [7, 11) is 0. The monoisotopic (exact) mass is 522 g/mol. The van der Waals surface area contributed by atoms with Crippen molar-refractivity contribution >= 4 is 18.0 Å². The highest BCUT2D eigenvalue weighted by molar-refractivity contribution is 5.96. The first-order valence-corrected chi connectivity index (χ1v) is 11.5. The molecule has 196 valence electrons. The van der Waals surface area contributed by atoms with E-state index in [2.05, 4.69) is 4.98 Å². The molecule has 37 heavy (non-hydrogen) atoms. The van der Waals surface area contributed by atoms with E-state index in [1.165, 1.54) is 15.9 Å². The van der Waals surface area contributed by atoms with Crippen LogP contribution in [0.1, 0.15) is 23.7 Å². The summed E-state index contributed by atoms with van der Waals surface area (Å²) < 4.78 is 77.7. The number of nitrogens with zero attached hydrogens (tertiary/aromatic N) is 4. The minimum Gasteiger partial charge on any atom is -0.493 e. The van der Waals surface area contributed by atoms with Gasteiger partial charge in [-0.2, -0.15) is 13.2 Å². The molecule has 1 saturated heterocycles. The quantitative estimate of drug-likeness (QED) is 0.340. The molecule has 2 fully saturated rings. The first-order chi connectivity index (χ1) is 17.4. The fourth-order valence-corrected chi connectivity index (χ4v) is 5.16. The van der Waals surface area contributed by atoms with Gasteiger partial charge < -0.3 is 19.1 Å². The van der Waals surface area contributed by atoms with Crippen molar-refractivity contribution in [1.29, 1.82) is 0 Å². The molecule has 0 spiro atoms. The van der Waals surface area contributed by atoms with Crippen LogP contribution in [0.2, 0.25) is 0 Å². The van der Waals surface area contributed by atoms with E-state index in [-0.39, 0.29) is 36.7 Å². The van der Waals surface area contributed by atoms with E-state index < -0.39 is 41.4 Å². The van der Waals surface area contributed by atoms with Gasteiger partial charge in [-0.15, -0.1) is 0 Å². The van der Waals surface area contributed by atoms with Crippen LogP contribution >= 0.6 is 0 Å². The molecular weight excluding hydrogens is 499 g/mol. The van der Waals surface area contributed by atoms with Crippen LogP contribution in [0, 0.1) is 12.8 Å². The van der Waals surface area contributed by atoms with Crippen molar-refractivity contribution in [3.63, 3.8) is 0 Å². The Hall–Kier alpha value is -3.70. The maximum absolute atomic E-state index is 15.2. The molecule has 0 N–H and O–H groups in total.